The van der Waals surface area contributed by atoms with E-state index in [1.165, 1.54) is 0 Å². The summed E-state index contributed by atoms with van der Waals surface area (Å²) >= 11 is 4.97. The van der Waals surface area contributed by atoms with Crippen molar-refractivity contribution < 1.29 is 35.9 Å². The van der Waals surface area contributed by atoms with Crippen LogP contribution in [0.5, 0.6) is 0 Å². The van der Waals surface area contributed by atoms with E-state index in [2.05, 4.69) is 15.3 Å². The van der Waals surface area contributed by atoms with Crippen molar-refractivity contribution >= 4 is 48.7 Å². The van der Waals surface area contributed by atoms with Gasteiger partial charge in [0, 0.05) is 47.4 Å². The van der Waals surface area contributed by atoms with E-state index in [1.54, 1.807) is 0 Å². The molecule has 15 heteroatoms. The Morgan fingerprint density at radius 3 is 2.19 bits per heavy atom. The van der Waals surface area contributed by atoms with E-state index in [4.69, 9.17) is 19.4 Å². The van der Waals surface area contributed by atoms with Gasteiger partial charge in [0.1, 0.15) is 19.6 Å². The van der Waals surface area contributed by atoms with Crippen LogP contribution in [0.4, 0.5) is 32.0 Å². The molecule has 1 heterocycles. The molecule has 0 bridgehead atoms. The number of thioether (sulfide) groups is 1. The Morgan fingerprint density at radius 1 is 1.14 bits per heavy atom. The van der Waals surface area contributed by atoms with Crippen LogP contribution in [0.3, 0.4) is 0 Å². The minimum atomic E-state index is -4.59. The number of rotatable bonds is 7. The van der Waals surface area contributed by atoms with Crippen molar-refractivity contribution in [3.05, 3.63) is 48.5 Å². The van der Waals surface area contributed by atoms with Gasteiger partial charge in [-0.1, -0.05) is 11.6 Å². The Bertz CT molecular complexity index is 1070. The first-order valence-corrected chi connectivity index (χ1v) is 11.7. The molecular formula is C21H18BClF6N4O2S. The number of amides is 2. The van der Waals surface area contributed by atoms with Crippen molar-refractivity contribution in [1.82, 2.24) is 15.3 Å². The number of carbonyl (C=O) groups excluding carboxylic acids is 2. The van der Waals surface area contributed by atoms with Gasteiger partial charge in [0.15, 0.2) is 0 Å². The highest BCUT2D eigenvalue weighted by atomic mass is 35.5. The van der Waals surface area contributed by atoms with Crippen molar-refractivity contribution in [3.8, 4) is 0 Å². The van der Waals surface area contributed by atoms with Gasteiger partial charge in [-0.05, 0) is 48.9 Å². The fourth-order valence-electron chi connectivity index (χ4n) is 3.74. The molecule has 2 radical (unpaired) electrons. The molecule has 1 aromatic heterocycles. The van der Waals surface area contributed by atoms with Crippen LogP contribution in [-0.2, 0) is 15.0 Å². The van der Waals surface area contributed by atoms with Gasteiger partial charge in [0.2, 0.25) is 11.8 Å². The molecule has 3 rings (SSSR count). The number of halogens is 7. The highest BCUT2D eigenvalue weighted by molar-refractivity contribution is 8.00. The first-order valence-electron chi connectivity index (χ1n) is 10.4. The van der Waals surface area contributed by atoms with Crippen molar-refractivity contribution in [2.75, 3.05) is 4.90 Å². The summed E-state index contributed by atoms with van der Waals surface area (Å²) in [5.41, 5.74) is -10.3. The summed E-state index contributed by atoms with van der Waals surface area (Å²) in [5.74, 6) is -5.46. The minimum Gasteiger partial charge on any atom is -0.352 e. The Hall–Kier alpha value is -2.48. The lowest BCUT2D eigenvalue weighted by Crippen LogP contribution is -2.62. The SMILES string of the molecule is [B][C@@](C(=O)NC1CCC(F)(F)CC1)(c1cncnc1)N(C(=O)[C@H](F)Cl)c1ccc(SC(F)(F)F)cc1. The molecule has 6 nitrogen and oxygen atoms in total. The summed E-state index contributed by atoms with van der Waals surface area (Å²) in [7, 11) is 6.44. The lowest BCUT2D eigenvalue weighted by Gasteiger charge is -2.42. The van der Waals surface area contributed by atoms with Crippen LogP contribution in [0.2, 0.25) is 0 Å². The average Bonchev–Trinajstić information content (AvgIpc) is 2.81. The lowest BCUT2D eigenvalue weighted by atomic mass is 9.69. The molecule has 1 saturated carbocycles. The van der Waals surface area contributed by atoms with Crippen LogP contribution < -0.4 is 10.2 Å². The molecule has 1 aromatic carbocycles. The summed E-state index contributed by atoms with van der Waals surface area (Å²) in [6.07, 6.45) is 2.12. The first-order chi connectivity index (χ1) is 16.7. The predicted molar refractivity (Wildman–Crippen MR) is 121 cm³/mol. The molecular weight excluding hydrogens is 533 g/mol. The second kappa shape index (κ2) is 10.9. The van der Waals surface area contributed by atoms with E-state index in [0.717, 1.165) is 43.0 Å². The molecule has 0 unspecified atom stereocenters. The molecule has 2 aromatic rings. The van der Waals surface area contributed by atoms with E-state index in [1.807, 2.05) is 0 Å². The average molecular weight is 551 g/mol. The number of benzene rings is 1. The zero-order valence-electron chi connectivity index (χ0n) is 18.3. The molecule has 0 saturated heterocycles. The molecule has 0 aliphatic heterocycles. The lowest BCUT2D eigenvalue weighted by molar-refractivity contribution is -0.130. The summed E-state index contributed by atoms with van der Waals surface area (Å²) in [4.78, 5) is 34.2. The Kier molecular flexibility index (Phi) is 8.49. The highest BCUT2D eigenvalue weighted by Gasteiger charge is 2.47. The Morgan fingerprint density at radius 2 is 1.69 bits per heavy atom. The Labute approximate surface area is 212 Å². The van der Waals surface area contributed by atoms with Crippen LogP contribution in [0.1, 0.15) is 31.2 Å². The number of nitrogens with zero attached hydrogens (tertiary/aromatic N) is 3. The van der Waals surface area contributed by atoms with Gasteiger partial charge in [0.05, 0.1) is 0 Å². The summed E-state index contributed by atoms with van der Waals surface area (Å²) < 4.78 is 79.4. The van der Waals surface area contributed by atoms with Gasteiger partial charge in [-0.2, -0.15) is 13.2 Å². The molecule has 1 fully saturated rings. The maximum Gasteiger partial charge on any atom is 0.446 e. The van der Waals surface area contributed by atoms with Crippen LogP contribution in [0.15, 0.2) is 47.9 Å². The third kappa shape index (κ3) is 6.64. The highest BCUT2D eigenvalue weighted by Crippen LogP contribution is 2.39. The standard InChI is InChI=1S/C21H18BClF6N4O2S/c22-20(12-9-30-11-31-10-12,18(35)32-13-5-7-19(25,26)8-6-13)33(17(34)16(23)24)14-1-3-15(4-2-14)36-21(27,28)29/h1-4,9-11,13,16H,5-8H2,(H,32,35)/t16-,20-/m0/s1. The summed E-state index contributed by atoms with van der Waals surface area (Å²) in [5, 5.41) is 2.52. The number of hydrogen-bond donors (Lipinski definition) is 1. The predicted octanol–water partition coefficient (Wildman–Crippen LogP) is 4.67. The number of aromatic nitrogens is 2. The summed E-state index contributed by atoms with van der Waals surface area (Å²) in [6.45, 7) is 0. The zero-order chi connectivity index (χ0) is 26.7. The number of carbonyl (C=O) groups is 2. The third-order valence-corrected chi connectivity index (χ3v) is 6.41. The van der Waals surface area contributed by atoms with Gasteiger partial charge in [-0.15, -0.1) is 0 Å². The number of anilines is 1. The molecule has 2 atom stereocenters. The fraction of sp³-hybridized carbons (Fsp3) is 0.429. The van der Waals surface area contributed by atoms with E-state index in [-0.39, 0.29) is 29.0 Å². The molecule has 36 heavy (non-hydrogen) atoms. The number of hydrogen-bond acceptors (Lipinski definition) is 5. The molecule has 1 aliphatic carbocycles. The summed E-state index contributed by atoms with van der Waals surface area (Å²) in [6, 6.07) is 3.33. The van der Waals surface area contributed by atoms with Gasteiger partial charge in [0.25, 0.3) is 11.5 Å². The number of nitrogens with one attached hydrogen (secondary N) is 1. The maximum absolute atomic E-state index is 14.1. The largest absolute Gasteiger partial charge is 0.446 e. The first kappa shape index (κ1) is 28.1. The molecule has 2 amide bonds. The van der Waals surface area contributed by atoms with Crippen LogP contribution in [0.25, 0.3) is 0 Å². The quantitative estimate of drug-likeness (QED) is 0.235. The third-order valence-electron chi connectivity index (χ3n) is 5.49. The van der Waals surface area contributed by atoms with Gasteiger partial charge < -0.3 is 5.32 Å². The zero-order valence-corrected chi connectivity index (χ0v) is 19.9. The van der Waals surface area contributed by atoms with Gasteiger partial charge in [-0.3, -0.25) is 14.5 Å². The monoisotopic (exact) mass is 550 g/mol. The molecule has 192 valence electrons. The van der Waals surface area contributed by atoms with E-state index >= 15 is 0 Å². The van der Waals surface area contributed by atoms with Crippen molar-refractivity contribution in [2.24, 2.45) is 0 Å². The smallest absolute Gasteiger partial charge is 0.352 e. The van der Waals surface area contributed by atoms with E-state index in [0.29, 0.717) is 4.90 Å². The van der Waals surface area contributed by atoms with Crippen molar-refractivity contribution in [1.29, 1.82) is 0 Å². The van der Waals surface area contributed by atoms with E-state index < -0.39 is 65.0 Å². The molecule has 1 N–H and O–H groups in total. The molecule has 0 spiro atoms. The van der Waals surface area contributed by atoms with E-state index in [9.17, 15) is 35.9 Å². The van der Waals surface area contributed by atoms with Crippen molar-refractivity contribution in [3.63, 3.8) is 0 Å². The molecule has 1 aliphatic rings. The van der Waals surface area contributed by atoms with Crippen LogP contribution in [-0.4, -0.2) is 52.7 Å². The minimum absolute atomic E-state index is 0.0847. The van der Waals surface area contributed by atoms with Crippen molar-refractivity contribution in [2.45, 2.75) is 59.1 Å². The topological polar surface area (TPSA) is 75.2 Å². The maximum atomic E-state index is 14.1. The number of alkyl halides is 7. The van der Waals surface area contributed by atoms with Gasteiger partial charge in [-0.25, -0.2) is 23.1 Å². The van der Waals surface area contributed by atoms with Gasteiger partial charge >= 0.3 is 5.51 Å². The van der Waals surface area contributed by atoms with Crippen LogP contribution in [0, 0.1) is 0 Å². The second-order valence-electron chi connectivity index (χ2n) is 8.01. The fourth-order valence-corrected chi connectivity index (χ4v) is 4.37. The second-order valence-corrected chi connectivity index (χ2v) is 9.53. The Balaban J connectivity index is 2.04. The normalized spacial score (nSPS) is 18.6. The van der Waals surface area contributed by atoms with Crippen LogP contribution >= 0.6 is 23.4 Å².